The number of hydrogen-bond donors (Lipinski definition) is 1. The molecule has 0 aliphatic rings. The third kappa shape index (κ3) is 4.28. The molecule has 0 radical (unpaired) electrons. The molecule has 0 unspecified atom stereocenters. The zero-order valence-corrected chi connectivity index (χ0v) is 15.1. The highest BCUT2D eigenvalue weighted by molar-refractivity contribution is 7.98. The van der Waals surface area contributed by atoms with Crippen LogP contribution in [-0.2, 0) is 12.3 Å². The lowest BCUT2D eigenvalue weighted by Crippen LogP contribution is -2.23. The lowest BCUT2D eigenvalue weighted by molar-refractivity contribution is 0.0948. The van der Waals surface area contributed by atoms with Crippen LogP contribution >= 0.6 is 23.1 Å². The Hall–Kier alpha value is -2.04. The summed E-state index contributed by atoms with van der Waals surface area (Å²) in [7, 11) is 0. The third-order valence-corrected chi connectivity index (χ3v) is 5.68. The number of carbonyl (C=O) groups is 1. The second kappa shape index (κ2) is 8.18. The molecule has 1 heterocycles. The number of rotatable bonds is 6. The number of hydrogen-bond acceptors (Lipinski definition) is 3. The van der Waals surface area contributed by atoms with E-state index in [1.54, 1.807) is 23.1 Å². The molecule has 0 bridgehead atoms. The summed E-state index contributed by atoms with van der Waals surface area (Å²) in [6, 6.07) is 18.0. The first-order valence-corrected chi connectivity index (χ1v) is 9.72. The van der Waals surface area contributed by atoms with Crippen molar-refractivity contribution in [2.75, 3.05) is 0 Å². The summed E-state index contributed by atoms with van der Waals surface area (Å²) in [6.07, 6.45) is 0. The van der Waals surface area contributed by atoms with Crippen molar-refractivity contribution in [1.82, 2.24) is 5.32 Å². The number of carbonyl (C=O) groups excluding carboxylic acids is 1. The van der Waals surface area contributed by atoms with Gasteiger partial charge in [-0.2, -0.15) is 11.3 Å². The molecule has 3 aromatic rings. The summed E-state index contributed by atoms with van der Waals surface area (Å²) in [5, 5.41) is 7.27. The van der Waals surface area contributed by atoms with E-state index in [9.17, 15) is 4.79 Å². The summed E-state index contributed by atoms with van der Waals surface area (Å²) >= 11 is 3.40. The van der Waals surface area contributed by atoms with Gasteiger partial charge in [-0.05, 0) is 52.6 Å². The lowest BCUT2D eigenvalue weighted by atomic mass is 10.1. The van der Waals surface area contributed by atoms with Gasteiger partial charge in [-0.3, -0.25) is 4.79 Å². The largest absolute Gasteiger partial charge is 0.348 e. The minimum absolute atomic E-state index is 0.0216. The normalized spacial score (nSPS) is 10.5. The molecule has 4 heteroatoms. The van der Waals surface area contributed by atoms with Crippen LogP contribution in [0.4, 0.5) is 0 Å². The van der Waals surface area contributed by atoms with Crippen molar-refractivity contribution in [2.24, 2.45) is 0 Å². The highest BCUT2D eigenvalue weighted by atomic mass is 32.2. The fourth-order valence-corrected chi connectivity index (χ4v) is 4.16. The standard InChI is InChI=1S/C20H19NOS2/c1-15-6-2-3-7-17(15)12-21-20(22)18-8-4-5-9-19(18)24-14-16-10-11-23-13-16/h2-11,13H,12,14H2,1H3,(H,21,22). The van der Waals surface area contributed by atoms with E-state index in [0.717, 1.165) is 21.8 Å². The van der Waals surface area contributed by atoms with Crippen LogP contribution in [0.25, 0.3) is 0 Å². The monoisotopic (exact) mass is 353 g/mol. The number of amides is 1. The van der Waals surface area contributed by atoms with Crippen LogP contribution in [0.5, 0.6) is 0 Å². The van der Waals surface area contributed by atoms with Crippen molar-refractivity contribution in [1.29, 1.82) is 0 Å². The Balaban J connectivity index is 1.67. The van der Waals surface area contributed by atoms with Gasteiger partial charge in [-0.25, -0.2) is 0 Å². The van der Waals surface area contributed by atoms with Crippen molar-refractivity contribution in [3.05, 3.63) is 87.6 Å². The quantitative estimate of drug-likeness (QED) is 0.611. The van der Waals surface area contributed by atoms with E-state index in [1.165, 1.54) is 11.1 Å². The molecule has 122 valence electrons. The predicted molar refractivity (Wildman–Crippen MR) is 103 cm³/mol. The van der Waals surface area contributed by atoms with Crippen LogP contribution in [0.15, 0.2) is 70.3 Å². The van der Waals surface area contributed by atoms with Gasteiger partial charge in [0, 0.05) is 17.2 Å². The summed E-state index contributed by atoms with van der Waals surface area (Å²) in [5.41, 5.74) is 4.37. The highest BCUT2D eigenvalue weighted by Crippen LogP contribution is 2.27. The van der Waals surface area contributed by atoms with Crippen LogP contribution in [0, 0.1) is 6.92 Å². The molecular formula is C20H19NOS2. The van der Waals surface area contributed by atoms with Crippen LogP contribution in [0.1, 0.15) is 27.0 Å². The Kier molecular flexibility index (Phi) is 5.72. The maximum atomic E-state index is 12.6. The van der Waals surface area contributed by atoms with Gasteiger partial charge in [-0.1, -0.05) is 36.4 Å². The van der Waals surface area contributed by atoms with Gasteiger partial charge in [0.1, 0.15) is 0 Å². The smallest absolute Gasteiger partial charge is 0.252 e. The zero-order valence-electron chi connectivity index (χ0n) is 13.5. The fraction of sp³-hybridized carbons (Fsp3) is 0.150. The molecule has 0 saturated heterocycles. The molecule has 1 N–H and O–H groups in total. The van der Waals surface area contributed by atoms with E-state index in [0.29, 0.717) is 6.54 Å². The summed E-state index contributed by atoms with van der Waals surface area (Å²) in [6.45, 7) is 2.61. The van der Waals surface area contributed by atoms with Gasteiger partial charge in [-0.15, -0.1) is 11.8 Å². The number of thioether (sulfide) groups is 1. The molecule has 24 heavy (non-hydrogen) atoms. The Morgan fingerprint density at radius 3 is 2.67 bits per heavy atom. The van der Waals surface area contributed by atoms with E-state index in [2.05, 4.69) is 35.1 Å². The topological polar surface area (TPSA) is 29.1 Å². The Labute approximate surface area is 150 Å². The maximum Gasteiger partial charge on any atom is 0.252 e. The molecular weight excluding hydrogens is 334 g/mol. The average molecular weight is 354 g/mol. The molecule has 0 aliphatic carbocycles. The van der Waals surface area contributed by atoms with Gasteiger partial charge in [0.05, 0.1) is 5.56 Å². The molecule has 0 aliphatic heterocycles. The summed E-state index contributed by atoms with van der Waals surface area (Å²) < 4.78 is 0. The number of nitrogens with one attached hydrogen (secondary N) is 1. The van der Waals surface area contributed by atoms with E-state index in [4.69, 9.17) is 0 Å². The second-order valence-electron chi connectivity index (χ2n) is 5.53. The van der Waals surface area contributed by atoms with Gasteiger partial charge in [0.2, 0.25) is 0 Å². The Bertz CT molecular complexity index is 812. The molecule has 0 atom stereocenters. The van der Waals surface area contributed by atoms with E-state index in [-0.39, 0.29) is 5.91 Å². The van der Waals surface area contributed by atoms with Crippen LogP contribution in [0.2, 0.25) is 0 Å². The minimum atomic E-state index is -0.0216. The van der Waals surface area contributed by atoms with Gasteiger partial charge in [0.15, 0.2) is 0 Å². The zero-order chi connectivity index (χ0) is 16.8. The molecule has 3 rings (SSSR count). The average Bonchev–Trinajstić information content (AvgIpc) is 3.13. The van der Waals surface area contributed by atoms with Crippen molar-refractivity contribution in [3.63, 3.8) is 0 Å². The Morgan fingerprint density at radius 1 is 1.08 bits per heavy atom. The third-order valence-electron chi connectivity index (χ3n) is 3.81. The van der Waals surface area contributed by atoms with Gasteiger partial charge < -0.3 is 5.32 Å². The molecule has 1 aromatic heterocycles. The molecule has 2 aromatic carbocycles. The van der Waals surface area contributed by atoms with Crippen molar-refractivity contribution in [3.8, 4) is 0 Å². The first-order chi connectivity index (χ1) is 11.7. The second-order valence-corrected chi connectivity index (χ2v) is 7.32. The van der Waals surface area contributed by atoms with E-state index in [1.807, 2.05) is 42.5 Å². The highest BCUT2D eigenvalue weighted by Gasteiger charge is 2.11. The van der Waals surface area contributed by atoms with E-state index < -0.39 is 0 Å². The van der Waals surface area contributed by atoms with Gasteiger partial charge >= 0.3 is 0 Å². The summed E-state index contributed by atoms with van der Waals surface area (Å²) in [4.78, 5) is 13.6. The molecule has 0 fully saturated rings. The molecule has 0 saturated carbocycles. The summed E-state index contributed by atoms with van der Waals surface area (Å²) in [5.74, 6) is 0.859. The van der Waals surface area contributed by atoms with E-state index >= 15 is 0 Å². The number of thiophene rings is 1. The van der Waals surface area contributed by atoms with Crippen molar-refractivity contribution < 1.29 is 4.79 Å². The number of benzene rings is 2. The maximum absolute atomic E-state index is 12.6. The lowest BCUT2D eigenvalue weighted by Gasteiger charge is -2.11. The first-order valence-electron chi connectivity index (χ1n) is 7.79. The molecule has 2 nitrogen and oxygen atoms in total. The SMILES string of the molecule is Cc1ccccc1CNC(=O)c1ccccc1SCc1ccsc1. The molecule has 0 spiro atoms. The first kappa shape index (κ1) is 16.8. The van der Waals surface area contributed by atoms with Crippen LogP contribution in [0.3, 0.4) is 0 Å². The fourth-order valence-electron chi connectivity index (χ4n) is 2.40. The Morgan fingerprint density at radius 2 is 1.88 bits per heavy atom. The molecule has 1 amide bonds. The number of aryl methyl sites for hydroxylation is 1. The van der Waals surface area contributed by atoms with Gasteiger partial charge in [0.25, 0.3) is 5.91 Å². The minimum Gasteiger partial charge on any atom is -0.348 e. The van der Waals surface area contributed by atoms with Crippen molar-refractivity contribution in [2.45, 2.75) is 24.1 Å². The predicted octanol–water partition coefficient (Wildman–Crippen LogP) is 5.28. The van der Waals surface area contributed by atoms with Crippen molar-refractivity contribution >= 4 is 29.0 Å². The van der Waals surface area contributed by atoms with Crippen LogP contribution in [-0.4, -0.2) is 5.91 Å². The van der Waals surface area contributed by atoms with Crippen LogP contribution < -0.4 is 5.32 Å².